The van der Waals surface area contributed by atoms with Gasteiger partial charge in [-0.2, -0.15) is 0 Å². The van der Waals surface area contributed by atoms with Crippen molar-refractivity contribution in [3.05, 3.63) is 30.1 Å². The molecule has 1 aromatic heterocycles. The molecule has 0 unspecified atom stereocenters. The second kappa shape index (κ2) is 7.88. The third-order valence-corrected chi connectivity index (χ3v) is 2.65. The van der Waals surface area contributed by atoms with Crippen molar-refractivity contribution in [3.8, 4) is 0 Å². The average molecular weight is 287 g/mol. The Labute approximate surface area is 114 Å². The van der Waals surface area contributed by atoms with E-state index in [0.717, 1.165) is 0 Å². The lowest BCUT2D eigenvalue weighted by molar-refractivity contribution is -0.126. The number of hydrogen-bond acceptors (Lipinski definition) is 8. The number of esters is 1. The number of carbonyl (C=O) groups is 1. The Hall–Kier alpha value is -1.58. The highest BCUT2D eigenvalue weighted by molar-refractivity contribution is 5.89. The second-order valence-corrected chi connectivity index (χ2v) is 4.10. The molecule has 0 aromatic carbocycles. The van der Waals surface area contributed by atoms with Gasteiger partial charge in [0.25, 0.3) is 0 Å². The van der Waals surface area contributed by atoms with Gasteiger partial charge in [-0.25, -0.2) is 4.79 Å². The van der Waals surface area contributed by atoms with E-state index in [-0.39, 0.29) is 5.56 Å². The van der Waals surface area contributed by atoms with Crippen LogP contribution in [0.4, 0.5) is 0 Å². The van der Waals surface area contributed by atoms with E-state index in [9.17, 15) is 20.1 Å². The fraction of sp³-hybridized carbons (Fsp3) is 0.500. The van der Waals surface area contributed by atoms with E-state index >= 15 is 0 Å². The molecule has 0 fully saturated rings. The van der Waals surface area contributed by atoms with Gasteiger partial charge in [-0.3, -0.25) is 4.98 Å². The molecule has 0 saturated carbocycles. The van der Waals surface area contributed by atoms with Crippen molar-refractivity contribution < 1.29 is 35.1 Å². The van der Waals surface area contributed by atoms with Gasteiger partial charge in [-0.1, -0.05) is 0 Å². The zero-order valence-electron chi connectivity index (χ0n) is 10.5. The average Bonchev–Trinajstić information content (AvgIpc) is 2.50. The van der Waals surface area contributed by atoms with Gasteiger partial charge in [-0.05, 0) is 12.1 Å². The summed E-state index contributed by atoms with van der Waals surface area (Å²) in [6.07, 6.45) is -3.88. The van der Waals surface area contributed by atoms with E-state index in [1.165, 1.54) is 24.5 Å². The molecule has 20 heavy (non-hydrogen) atoms. The number of hydrogen-bond donors (Lipinski definition) is 5. The van der Waals surface area contributed by atoms with E-state index in [2.05, 4.69) is 4.98 Å². The first-order valence-corrected chi connectivity index (χ1v) is 5.88. The highest BCUT2D eigenvalue weighted by atomic mass is 16.6. The van der Waals surface area contributed by atoms with E-state index in [0.29, 0.717) is 0 Å². The van der Waals surface area contributed by atoms with Crippen molar-refractivity contribution in [3.63, 3.8) is 0 Å². The van der Waals surface area contributed by atoms with Crippen LogP contribution in [0, 0.1) is 0 Å². The zero-order chi connectivity index (χ0) is 15.1. The minimum Gasteiger partial charge on any atom is -0.453 e. The summed E-state index contributed by atoms with van der Waals surface area (Å²) in [5.74, 6) is -0.845. The minimum absolute atomic E-state index is 0.107. The minimum atomic E-state index is -1.76. The highest BCUT2D eigenvalue weighted by Crippen LogP contribution is 2.11. The van der Waals surface area contributed by atoms with E-state index in [1.54, 1.807) is 0 Å². The van der Waals surface area contributed by atoms with Crippen LogP contribution in [0.3, 0.4) is 0 Å². The number of pyridine rings is 1. The molecule has 5 N–H and O–H groups in total. The van der Waals surface area contributed by atoms with Crippen LogP contribution in [-0.2, 0) is 4.74 Å². The van der Waals surface area contributed by atoms with Crippen LogP contribution in [0.1, 0.15) is 10.4 Å². The molecule has 0 aliphatic heterocycles. The summed E-state index contributed by atoms with van der Waals surface area (Å²) in [5.41, 5.74) is 0.107. The molecule has 0 aliphatic rings. The van der Waals surface area contributed by atoms with Gasteiger partial charge >= 0.3 is 5.97 Å². The van der Waals surface area contributed by atoms with Gasteiger partial charge in [0.2, 0.25) is 0 Å². The topological polar surface area (TPSA) is 140 Å². The van der Waals surface area contributed by atoms with Gasteiger partial charge in [-0.15, -0.1) is 0 Å². The molecule has 0 amide bonds. The fourth-order valence-electron chi connectivity index (χ4n) is 1.46. The number of carbonyl (C=O) groups excluding carboxylic acids is 1. The molecular formula is C12H17NO7. The summed E-state index contributed by atoms with van der Waals surface area (Å²) in [4.78, 5) is 15.4. The van der Waals surface area contributed by atoms with Crippen LogP contribution in [0.2, 0.25) is 0 Å². The maximum atomic E-state index is 11.7. The summed E-state index contributed by atoms with van der Waals surface area (Å²) < 4.78 is 4.83. The molecule has 0 radical (unpaired) electrons. The number of rotatable bonds is 7. The Bertz CT molecular complexity index is 414. The fourth-order valence-corrected chi connectivity index (χ4v) is 1.46. The van der Waals surface area contributed by atoms with Crippen LogP contribution >= 0.6 is 0 Å². The predicted molar refractivity (Wildman–Crippen MR) is 65.6 cm³/mol. The Morgan fingerprint density at radius 1 is 1.20 bits per heavy atom. The van der Waals surface area contributed by atoms with Crippen LogP contribution in [0.15, 0.2) is 24.5 Å². The lowest BCUT2D eigenvalue weighted by Gasteiger charge is -2.27. The van der Waals surface area contributed by atoms with Crippen molar-refractivity contribution in [2.24, 2.45) is 0 Å². The Morgan fingerprint density at radius 2 is 1.90 bits per heavy atom. The molecule has 112 valence electrons. The molecule has 0 bridgehead atoms. The first-order valence-electron chi connectivity index (χ1n) is 5.88. The quantitative estimate of drug-likeness (QED) is 0.352. The summed E-state index contributed by atoms with van der Waals surface area (Å²) in [6, 6.07) is 2.93. The summed E-state index contributed by atoms with van der Waals surface area (Å²) in [6.45, 7) is -1.55. The first-order chi connectivity index (χ1) is 9.51. The molecule has 1 aromatic rings. The summed E-state index contributed by atoms with van der Waals surface area (Å²) in [7, 11) is 0. The SMILES string of the molecule is O=C(O[C@H](CO)[C@@H](O)[C@H](O)[C@H](O)CO)c1cccnc1. The van der Waals surface area contributed by atoms with Crippen molar-refractivity contribution in [1.29, 1.82) is 0 Å². The van der Waals surface area contributed by atoms with Crippen LogP contribution < -0.4 is 0 Å². The molecule has 0 saturated heterocycles. The van der Waals surface area contributed by atoms with Gasteiger partial charge in [0, 0.05) is 12.4 Å². The third-order valence-electron chi connectivity index (χ3n) is 2.65. The number of aliphatic hydroxyl groups excluding tert-OH is 5. The van der Waals surface area contributed by atoms with Crippen molar-refractivity contribution in [2.45, 2.75) is 24.4 Å². The Kier molecular flexibility index (Phi) is 6.49. The molecular weight excluding hydrogens is 270 g/mol. The Balaban J connectivity index is 2.69. The third kappa shape index (κ3) is 4.22. The van der Waals surface area contributed by atoms with Gasteiger partial charge in [0.1, 0.15) is 18.3 Å². The normalized spacial score (nSPS) is 17.1. The second-order valence-electron chi connectivity index (χ2n) is 4.10. The number of aliphatic hydroxyl groups is 5. The molecule has 4 atom stereocenters. The van der Waals surface area contributed by atoms with E-state index in [4.69, 9.17) is 14.9 Å². The van der Waals surface area contributed by atoms with Crippen LogP contribution in [0.5, 0.6) is 0 Å². The van der Waals surface area contributed by atoms with Crippen LogP contribution in [0.25, 0.3) is 0 Å². The number of ether oxygens (including phenoxy) is 1. The first kappa shape index (κ1) is 16.5. The smallest absolute Gasteiger partial charge is 0.340 e. The van der Waals surface area contributed by atoms with Crippen molar-refractivity contribution in [2.75, 3.05) is 13.2 Å². The molecule has 1 rings (SSSR count). The van der Waals surface area contributed by atoms with Gasteiger partial charge < -0.3 is 30.3 Å². The van der Waals surface area contributed by atoms with Crippen molar-refractivity contribution >= 4 is 5.97 Å². The summed E-state index contributed by atoms with van der Waals surface area (Å²) in [5, 5.41) is 46.2. The monoisotopic (exact) mass is 287 g/mol. The standard InChI is InChI=1S/C12H17NO7/c14-5-8(16)10(17)11(18)9(6-15)20-12(19)7-2-1-3-13-4-7/h1-4,8-11,14-18H,5-6H2/t8-,9-,10-,11-/m1/s1. The highest BCUT2D eigenvalue weighted by Gasteiger charge is 2.33. The lowest BCUT2D eigenvalue weighted by atomic mass is 10.0. The maximum Gasteiger partial charge on any atom is 0.340 e. The maximum absolute atomic E-state index is 11.7. The molecule has 1 heterocycles. The lowest BCUT2D eigenvalue weighted by Crippen LogP contribution is -2.48. The predicted octanol–water partition coefficient (Wildman–Crippen LogP) is -2.33. The van der Waals surface area contributed by atoms with Crippen LogP contribution in [-0.4, -0.2) is 74.1 Å². The largest absolute Gasteiger partial charge is 0.453 e. The molecule has 0 aliphatic carbocycles. The molecule has 0 spiro atoms. The van der Waals surface area contributed by atoms with E-state index in [1.807, 2.05) is 0 Å². The molecule has 8 heteroatoms. The van der Waals surface area contributed by atoms with Crippen molar-refractivity contribution in [1.82, 2.24) is 4.98 Å². The van der Waals surface area contributed by atoms with Gasteiger partial charge in [0.15, 0.2) is 6.10 Å². The summed E-state index contributed by atoms with van der Waals surface area (Å²) >= 11 is 0. The number of aromatic nitrogens is 1. The molecule has 8 nitrogen and oxygen atoms in total. The Morgan fingerprint density at radius 3 is 2.40 bits per heavy atom. The number of nitrogens with zero attached hydrogens (tertiary/aromatic N) is 1. The zero-order valence-corrected chi connectivity index (χ0v) is 10.5. The van der Waals surface area contributed by atoms with Gasteiger partial charge in [0.05, 0.1) is 18.8 Å². The van der Waals surface area contributed by atoms with E-state index < -0.39 is 43.6 Å².